The van der Waals surface area contributed by atoms with Gasteiger partial charge in [-0.2, -0.15) is 0 Å². The summed E-state index contributed by atoms with van der Waals surface area (Å²) in [6.07, 6.45) is 0.538. The Hall–Kier alpha value is -1.10. The predicted molar refractivity (Wildman–Crippen MR) is 61.2 cm³/mol. The zero-order valence-electron chi connectivity index (χ0n) is 8.83. The summed E-state index contributed by atoms with van der Waals surface area (Å²) in [5.74, 6) is -0.833. The van der Waals surface area contributed by atoms with Crippen LogP contribution in [-0.4, -0.2) is 17.1 Å². The molecule has 4 nitrogen and oxygen atoms in total. The Kier molecular flexibility index (Phi) is 3.14. The van der Waals surface area contributed by atoms with Gasteiger partial charge in [-0.15, -0.1) is 0 Å². The Morgan fingerprint density at radius 3 is 2.81 bits per heavy atom. The van der Waals surface area contributed by atoms with Gasteiger partial charge in [0.05, 0.1) is 0 Å². The van der Waals surface area contributed by atoms with Gasteiger partial charge < -0.3 is 5.11 Å². The highest BCUT2D eigenvalue weighted by molar-refractivity contribution is 6.31. The van der Waals surface area contributed by atoms with E-state index in [4.69, 9.17) is 16.7 Å². The number of hydrogen-bond acceptors (Lipinski definition) is 3. The standard InChI is InChI=1S/C11H13ClN2O2/c1-6-4-7(2-3-8(6)12)9-5-10(11(15)16)14-13-9/h2-4,9-10,13-14H,5H2,1H3,(H,15,16). The number of rotatable bonds is 2. The Labute approximate surface area is 98.6 Å². The fourth-order valence-corrected chi connectivity index (χ4v) is 1.94. The summed E-state index contributed by atoms with van der Waals surface area (Å²) in [6, 6.07) is 5.23. The van der Waals surface area contributed by atoms with Crippen molar-refractivity contribution in [3.05, 3.63) is 34.3 Å². The third-order valence-corrected chi connectivity index (χ3v) is 3.21. The number of aryl methyl sites for hydroxylation is 1. The second-order valence-electron chi connectivity index (χ2n) is 3.98. The van der Waals surface area contributed by atoms with Crippen LogP contribution in [0.25, 0.3) is 0 Å². The first kappa shape index (κ1) is 11.4. The molecule has 16 heavy (non-hydrogen) atoms. The second-order valence-corrected chi connectivity index (χ2v) is 4.38. The molecule has 3 N–H and O–H groups in total. The monoisotopic (exact) mass is 240 g/mol. The molecule has 86 valence electrons. The average molecular weight is 241 g/mol. The van der Waals surface area contributed by atoms with Crippen molar-refractivity contribution < 1.29 is 9.90 Å². The molecule has 0 saturated carbocycles. The maximum absolute atomic E-state index is 10.8. The maximum Gasteiger partial charge on any atom is 0.322 e. The number of hydrogen-bond donors (Lipinski definition) is 3. The van der Waals surface area contributed by atoms with Crippen molar-refractivity contribution in [3.63, 3.8) is 0 Å². The van der Waals surface area contributed by atoms with E-state index < -0.39 is 12.0 Å². The topological polar surface area (TPSA) is 61.4 Å². The minimum Gasteiger partial charge on any atom is -0.480 e. The predicted octanol–water partition coefficient (Wildman–Crippen LogP) is 1.64. The molecule has 1 aromatic rings. The van der Waals surface area contributed by atoms with Gasteiger partial charge in [0.15, 0.2) is 0 Å². The number of carbonyl (C=O) groups is 1. The second kappa shape index (κ2) is 4.41. The van der Waals surface area contributed by atoms with Crippen LogP contribution < -0.4 is 10.9 Å². The van der Waals surface area contributed by atoms with E-state index in [0.29, 0.717) is 6.42 Å². The van der Waals surface area contributed by atoms with Crippen LogP contribution in [0.3, 0.4) is 0 Å². The van der Waals surface area contributed by atoms with Gasteiger partial charge in [-0.3, -0.25) is 4.79 Å². The molecular formula is C11H13ClN2O2. The third-order valence-electron chi connectivity index (χ3n) is 2.79. The Bertz CT molecular complexity index is 422. The summed E-state index contributed by atoms with van der Waals surface area (Å²) in [7, 11) is 0. The lowest BCUT2D eigenvalue weighted by atomic mass is 10.0. The van der Waals surface area contributed by atoms with Crippen molar-refractivity contribution in [2.24, 2.45) is 0 Å². The van der Waals surface area contributed by atoms with Crippen LogP contribution in [0.5, 0.6) is 0 Å². The molecule has 2 atom stereocenters. The van der Waals surface area contributed by atoms with E-state index in [1.165, 1.54) is 0 Å². The lowest BCUT2D eigenvalue weighted by Crippen LogP contribution is -2.36. The van der Waals surface area contributed by atoms with Crippen molar-refractivity contribution in [3.8, 4) is 0 Å². The molecule has 5 heteroatoms. The first-order valence-corrected chi connectivity index (χ1v) is 5.45. The maximum atomic E-state index is 10.8. The van der Waals surface area contributed by atoms with Crippen molar-refractivity contribution >= 4 is 17.6 Å². The first-order valence-electron chi connectivity index (χ1n) is 5.08. The van der Waals surface area contributed by atoms with Gasteiger partial charge >= 0.3 is 5.97 Å². The van der Waals surface area contributed by atoms with E-state index in [2.05, 4.69) is 10.9 Å². The molecule has 1 aromatic carbocycles. The van der Waals surface area contributed by atoms with Crippen LogP contribution in [0.15, 0.2) is 18.2 Å². The number of carboxylic acid groups (broad SMARTS) is 1. The van der Waals surface area contributed by atoms with Crippen molar-refractivity contribution in [2.75, 3.05) is 0 Å². The number of aliphatic carboxylic acids is 1. The highest BCUT2D eigenvalue weighted by atomic mass is 35.5. The van der Waals surface area contributed by atoms with Crippen molar-refractivity contribution in [2.45, 2.75) is 25.4 Å². The molecule has 2 rings (SSSR count). The molecule has 0 amide bonds. The number of halogens is 1. The van der Waals surface area contributed by atoms with Crippen LogP contribution in [-0.2, 0) is 4.79 Å². The van der Waals surface area contributed by atoms with E-state index in [-0.39, 0.29) is 6.04 Å². The minimum atomic E-state index is -0.833. The largest absolute Gasteiger partial charge is 0.480 e. The highest BCUT2D eigenvalue weighted by Gasteiger charge is 2.29. The van der Waals surface area contributed by atoms with E-state index in [1.54, 1.807) is 0 Å². The molecule has 1 heterocycles. The minimum absolute atomic E-state index is 0.0251. The van der Waals surface area contributed by atoms with Gasteiger partial charge in [-0.05, 0) is 30.5 Å². The van der Waals surface area contributed by atoms with E-state index in [1.807, 2.05) is 25.1 Å². The molecule has 0 spiro atoms. The van der Waals surface area contributed by atoms with Gasteiger partial charge in [-0.25, -0.2) is 10.9 Å². The van der Waals surface area contributed by atoms with Crippen LogP contribution in [0, 0.1) is 6.92 Å². The fourth-order valence-electron chi connectivity index (χ4n) is 1.82. The molecule has 0 aliphatic carbocycles. The summed E-state index contributed by atoms with van der Waals surface area (Å²) in [4.78, 5) is 10.8. The number of benzene rings is 1. The zero-order valence-corrected chi connectivity index (χ0v) is 9.58. The Morgan fingerprint density at radius 1 is 1.50 bits per heavy atom. The van der Waals surface area contributed by atoms with Gasteiger partial charge in [0.2, 0.25) is 0 Å². The van der Waals surface area contributed by atoms with Crippen LogP contribution in [0.4, 0.5) is 0 Å². The number of hydrazine groups is 1. The van der Waals surface area contributed by atoms with Crippen LogP contribution >= 0.6 is 11.6 Å². The first-order chi connectivity index (χ1) is 7.58. The Morgan fingerprint density at radius 2 is 2.25 bits per heavy atom. The molecule has 2 unspecified atom stereocenters. The zero-order chi connectivity index (χ0) is 11.7. The number of nitrogens with one attached hydrogen (secondary N) is 2. The SMILES string of the molecule is Cc1cc(C2CC(C(=O)O)NN2)ccc1Cl. The summed E-state index contributed by atoms with van der Waals surface area (Å²) in [5, 5.41) is 9.58. The molecule has 0 bridgehead atoms. The molecule has 0 radical (unpaired) electrons. The third kappa shape index (κ3) is 2.19. The molecule has 1 saturated heterocycles. The summed E-state index contributed by atoms with van der Waals surface area (Å²) in [6.45, 7) is 1.93. The summed E-state index contributed by atoms with van der Waals surface area (Å²) in [5.41, 5.74) is 7.79. The van der Waals surface area contributed by atoms with Crippen molar-refractivity contribution in [1.29, 1.82) is 0 Å². The van der Waals surface area contributed by atoms with E-state index >= 15 is 0 Å². The Balaban J connectivity index is 2.14. The smallest absolute Gasteiger partial charge is 0.322 e. The van der Waals surface area contributed by atoms with Gasteiger partial charge in [0.1, 0.15) is 6.04 Å². The van der Waals surface area contributed by atoms with Crippen LogP contribution in [0.1, 0.15) is 23.6 Å². The van der Waals surface area contributed by atoms with Crippen molar-refractivity contribution in [1.82, 2.24) is 10.9 Å². The van der Waals surface area contributed by atoms with Gasteiger partial charge in [0.25, 0.3) is 0 Å². The molecule has 1 aliphatic heterocycles. The van der Waals surface area contributed by atoms with Crippen LogP contribution in [0.2, 0.25) is 5.02 Å². The average Bonchev–Trinajstić information content (AvgIpc) is 2.71. The van der Waals surface area contributed by atoms with Gasteiger partial charge in [0, 0.05) is 11.1 Å². The summed E-state index contributed by atoms with van der Waals surface area (Å²) < 4.78 is 0. The quantitative estimate of drug-likeness (QED) is 0.736. The fraction of sp³-hybridized carbons (Fsp3) is 0.364. The van der Waals surface area contributed by atoms with E-state index in [0.717, 1.165) is 16.1 Å². The molecule has 0 aromatic heterocycles. The highest BCUT2D eigenvalue weighted by Crippen LogP contribution is 2.25. The molecular weight excluding hydrogens is 228 g/mol. The van der Waals surface area contributed by atoms with Gasteiger partial charge in [-0.1, -0.05) is 23.7 Å². The normalized spacial score (nSPS) is 24.6. The molecule has 1 aliphatic rings. The van der Waals surface area contributed by atoms with E-state index in [9.17, 15) is 4.79 Å². The summed E-state index contributed by atoms with van der Waals surface area (Å²) >= 11 is 5.94. The number of carboxylic acids is 1. The lowest BCUT2D eigenvalue weighted by Gasteiger charge is -2.10. The molecule has 1 fully saturated rings. The lowest BCUT2D eigenvalue weighted by molar-refractivity contribution is -0.139.